The van der Waals surface area contributed by atoms with Crippen LogP contribution in [0.1, 0.15) is 23.5 Å². The van der Waals surface area contributed by atoms with E-state index in [4.69, 9.17) is 4.18 Å². The van der Waals surface area contributed by atoms with Crippen molar-refractivity contribution in [2.24, 2.45) is 0 Å². The molecule has 1 saturated heterocycles. The van der Waals surface area contributed by atoms with Crippen LogP contribution < -0.4 is 10.6 Å². The molecule has 0 radical (unpaired) electrons. The number of carbonyl (C=O) groups is 2. The molecular formula is C20H20N2O5S2. The highest BCUT2D eigenvalue weighted by Gasteiger charge is 2.35. The van der Waals surface area contributed by atoms with Crippen LogP contribution in [-0.4, -0.2) is 38.6 Å². The van der Waals surface area contributed by atoms with Gasteiger partial charge in [-0.1, -0.05) is 23.8 Å². The first-order valence-corrected chi connectivity index (χ1v) is 11.5. The summed E-state index contributed by atoms with van der Waals surface area (Å²) in [6.07, 6.45) is 0.419. The molecule has 29 heavy (non-hydrogen) atoms. The van der Waals surface area contributed by atoms with E-state index in [0.717, 1.165) is 16.0 Å². The van der Waals surface area contributed by atoms with Crippen molar-refractivity contribution in [2.75, 3.05) is 17.7 Å². The van der Waals surface area contributed by atoms with Gasteiger partial charge in [-0.05, 0) is 43.2 Å². The van der Waals surface area contributed by atoms with Gasteiger partial charge < -0.3 is 10.6 Å². The van der Waals surface area contributed by atoms with Crippen LogP contribution in [-0.2, 0) is 23.9 Å². The van der Waals surface area contributed by atoms with Crippen molar-refractivity contribution >= 4 is 39.4 Å². The lowest BCUT2D eigenvalue weighted by Crippen LogP contribution is -2.31. The fourth-order valence-corrected chi connectivity index (χ4v) is 5.15. The molecule has 2 aromatic rings. The van der Waals surface area contributed by atoms with E-state index in [9.17, 15) is 18.0 Å². The van der Waals surface area contributed by atoms with E-state index in [0.29, 0.717) is 17.9 Å². The van der Waals surface area contributed by atoms with E-state index in [1.807, 2.05) is 25.1 Å². The molecule has 2 N–H and O–H groups in total. The minimum Gasteiger partial charge on any atom is -0.350 e. The number of fused-ring (bicyclic) bond motifs is 1. The monoisotopic (exact) mass is 432 g/mol. The normalized spacial score (nSPS) is 21.4. The van der Waals surface area contributed by atoms with Gasteiger partial charge >= 0.3 is 0 Å². The van der Waals surface area contributed by atoms with Crippen LogP contribution in [0, 0.1) is 6.92 Å². The molecule has 0 saturated carbocycles. The summed E-state index contributed by atoms with van der Waals surface area (Å²) in [5.41, 5.74) is 2.45. The number of benzene rings is 2. The van der Waals surface area contributed by atoms with Crippen LogP contribution in [0.4, 0.5) is 5.69 Å². The van der Waals surface area contributed by atoms with Gasteiger partial charge in [-0.15, -0.1) is 11.8 Å². The first-order chi connectivity index (χ1) is 13.8. The Morgan fingerprint density at radius 1 is 1.14 bits per heavy atom. The third-order valence-electron chi connectivity index (χ3n) is 4.96. The molecule has 2 aliphatic heterocycles. The summed E-state index contributed by atoms with van der Waals surface area (Å²) in [5, 5.41) is 5.62. The molecule has 0 aromatic heterocycles. The molecule has 7 nitrogen and oxygen atoms in total. The summed E-state index contributed by atoms with van der Waals surface area (Å²) >= 11 is 1.46. The predicted molar refractivity (Wildman–Crippen MR) is 109 cm³/mol. The van der Waals surface area contributed by atoms with Crippen LogP contribution in [0.5, 0.6) is 0 Å². The largest absolute Gasteiger partial charge is 0.350 e. The van der Waals surface area contributed by atoms with E-state index >= 15 is 0 Å². The number of amides is 2. The van der Waals surface area contributed by atoms with Gasteiger partial charge in [0.1, 0.15) is 0 Å². The Labute approximate surface area is 173 Å². The number of rotatable bonds is 5. The van der Waals surface area contributed by atoms with Crippen molar-refractivity contribution in [1.29, 1.82) is 0 Å². The molecular weight excluding hydrogens is 412 g/mol. The van der Waals surface area contributed by atoms with Crippen LogP contribution in [0.25, 0.3) is 0 Å². The molecule has 1 fully saturated rings. The van der Waals surface area contributed by atoms with Gasteiger partial charge in [0, 0.05) is 4.90 Å². The van der Waals surface area contributed by atoms with Crippen molar-refractivity contribution in [2.45, 2.75) is 35.1 Å². The lowest BCUT2D eigenvalue weighted by Gasteiger charge is -2.18. The SMILES string of the molecule is Cc1ccc(S(=O)(=O)OCC2C[C@@H](c3ccc4c(c3)NC(=O)CS4)C(=O)N2)cc1. The van der Waals surface area contributed by atoms with E-state index in [1.54, 1.807) is 12.1 Å². The zero-order valence-electron chi connectivity index (χ0n) is 15.7. The van der Waals surface area contributed by atoms with Gasteiger partial charge in [-0.3, -0.25) is 13.8 Å². The molecule has 0 spiro atoms. The van der Waals surface area contributed by atoms with Crippen LogP contribution in [0.3, 0.4) is 0 Å². The van der Waals surface area contributed by atoms with E-state index < -0.39 is 22.1 Å². The standard InChI is InChI=1S/C20H20N2O5S2/c1-12-2-5-15(6-3-12)29(25,26)27-10-14-9-16(20(24)21-14)13-4-7-18-17(8-13)22-19(23)11-28-18/h2-8,14,16H,9-11H2,1H3,(H,21,24)(H,22,23)/t14?,16-/m0/s1. The quantitative estimate of drug-likeness (QED) is 0.704. The number of aryl methyl sites for hydroxylation is 1. The second kappa shape index (κ2) is 7.81. The highest BCUT2D eigenvalue weighted by atomic mass is 32.2. The van der Waals surface area contributed by atoms with Crippen molar-refractivity contribution in [3.8, 4) is 0 Å². The van der Waals surface area contributed by atoms with Crippen LogP contribution in [0.15, 0.2) is 52.3 Å². The second-order valence-corrected chi connectivity index (χ2v) is 9.77. The summed E-state index contributed by atoms with van der Waals surface area (Å²) < 4.78 is 29.9. The van der Waals surface area contributed by atoms with Crippen LogP contribution >= 0.6 is 11.8 Å². The minimum absolute atomic E-state index is 0.0666. The first-order valence-electron chi connectivity index (χ1n) is 9.15. The summed E-state index contributed by atoms with van der Waals surface area (Å²) in [7, 11) is -3.88. The van der Waals surface area contributed by atoms with Gasteiger partial charge in [0.15, 0.2) is 0 Å². The molecule has 152 valence electrons. The average Bonchev–Trinajstić information content (AvgIpc) is 3.07. The highest BCUT2D eigenvalue weighted by molar-refractivity contribution is 8.00. The maximum atomic E-state index is 12.4. The van der Waals surface area contributed by atoms with Crippen molar-refractivity contribution in [3.05, 3.63) is 53.6 Å². The molecule has 2 aromatic carbocycles. The molecule has 9 heteroatoms. The van der Waals surface area contributed by atoms with Crippen molar-refractivity contribution in [1.82, 2.24) is 5.32 Å². The lowest BCUT2D eigenvalue weighted by molar-refractivity contribution is -0.120. The number of carbonyl (C=O) groups excluding carboxylic acids is 2. The number of nitrogens with one attached hydrogen (secondary N) is 2. The lowest BCUT2D eigenvalue weighted by atomic mass is 9.95. The summed E-state index contributed by atoms with van der Waals surface area (Å²) in [6.45, 7) is 1.74. The molecule has 2 heterocycles. The Kier molecular flexibility index (Phi) is 5.37. The number of hydrogen-bond donors (Lipinski definition) is 2. The summed E-state index contributed by atoms with van der Waals surface area (Å²) in [6, 6.07) is 11.6. The molecule has 0 bridgehead atoms. The molecule has 2 aliphatic rings. The topological polar surface area (TPSA) is 102 Å². The Morgan fingerprint density at radius 3 is 2.66 bits per heavy atom. The Hall–Kier alpha value is -2.36. The zero-order chi connectivity index (χ0) is 20.6. The number of thioether (sulfide) groups is 1. The third kappa shape index (κ3) is 4.31. The molecule has 2 atom stereocenters. The summed E-state index contributed by atoms with van der Waals surface area (Å²) in [5.74, 6) is -0.283. The van der Waals surface area contributed by atoms with Crippen LogP contribution in [0.2, 0.25) is 0 Å². The second-order valence-electron chi connectivity index (χ2n) is 7.14. The van der Waals surface area contributed by atoms with E-state index in [1.165, 1.54) is 23.9 Å². The zero-order valence-corrected chi connectivity index (χ0v) is 17.3. The smallest absolute Gasteiger partial charge is 0.297 e. The summed E-state index contributed by atoms with van der Waals surface area (Å²) in [4.78, 5) is 25.1. The highest BCUT2D eigenvalue weighted by Crippen LogP contribution is 2.36. The average molecular weight is 433 g/mol. The van der Waals surface area contributed by atoms with Gasteiger partial charge in [0.2, 0.25) is 11.8 Å². The molecule has 4 rings (SSSR count). The number of anilines is 1. The van der Waals surface area contributed by atoms with E-state index in [-0.39, 0.29) is 23.3 Å². The molecule has 0 aliphatic carbocycles. The Morgan fingerprint density at radius 2 is 1.90 bits per heavy atom. The van der Waals surface area contributed by atoms with Gasteiger partial charge in [0.05, 0.1) is 34.9 Å². The molecule has 2 amide bonds. The Balaban J connectivity index is 1.42. The van der Waals surface area contributed by atoms with Crippen molar-refractivity contribution < 1.29 is 22.2 Å². The fraction of sp³-hybridized carbons (Fsp3) is 0.300. The van der Waals surface area contributed by atoms with E-state index in [2.05, 4.69) is 10.6 Å². The van der Waals surface area contributed by atoms with Crippen molar-refractivity contribution in [3.63, 3.8) is 0 Å². The predicted octanol–water partition coefficient (Wildman–Crippen LogP) is 2.42. The number of hydrogen-bond acceptors (Lipinski definition) is 6. The fourth-order valence-electron chi connectivity index (χ4n) is 3.41. The van der Waals surface area contributed by atoms with Gasteiger partial charge in [0.25, 0.3) is 10.1 Å². The maximum Gasteiger partial charge on any atom is 0.297 e. The third-order valence-corrected chi connectivity index (χ3v) is 7.33. The van der Waals surface area contributed by atoms with Gasteiger partial charge in [-0.2, -0.15) is 8.42 Å². The minimum atomic E-state index is -3.88. The first kappa shape index (κ1) is 19.9. The maximum absolute atomic E-state index is 12.4. The Bertz CT molecular complexity index is 1070. The molecule has 1 unspecified atom stereocenters. The van der Waals surface area contributed by atoms with Gasteiger partial charge in [-0.25, -0.2) is 0 Å².